The van der Waals surface area contributed by atoms with Crippen LogP contribution < -0.4 is 20.7 Å². The monoisotopic (exact) mass is 797 g/mol. The Bertz CT molecular complexity index is 1950. The summed E-state index contributed by atoms with van der Waals surface area (Å²) in [6.07, 6.45) is 3.31. The number of ether oxygens (including phenoxy) is 3. The van der Waals surface area contributed by atoms with Crippen molar-refractivity contribution in [3.05, 3.63) is 47.3 Å². The lowest BCUT2D eigenvalue weighted by molar-refractivity contribution is -0.130. The van der Waals surface area contributed by atoms with Crippen molar-refractivity contribution in [3.63, 3.8) is 0 Å². The fraction of sp³-hybridized carbons (Fsp3) is 0.500. The van der Waals surface area contributed by atoms with Gasteiger partial charge in [-0.25, -0.2) is 14.6 Å². The van der Waals surface area contributed by atoms with Crippen LogP contribution in [0.4, 0.5) is 21.1 Å². The van der Waals surface area contributed by atoms with Crippen LogP contribution in [0.1, 0.15) is 90.6 Å². The molecule has 0 atom stereocenters. The Morgan fingerprint density at radius 1 is 0.982 bits per heavy atom. The first-order valence-corrected chi connectivity index (χ1v) is 18.7. The molecular weight excluding hydrogens is 750 g/mol. The van der Waals surface area contributed by atoms with Gasteiger partial charge in [-0.2, -0.15) is 0 Å². The maximum atomic E-state index is 13.7. The van der Waals surface area contributed by atoms with Crippen molar-refractivity contribution in [2.24, 2.45) is 5.92 Å². The number of rotatable bonds is 10. The molecule has 2 aromatic heterocycles. The first-order chi connectivity index (χ1) is 26.4. The number of fused-ring (bicyclic) bond motifs is 1. The van der Waals surface area contributed by atoms with Gasteiger partial charge in [-0.05, 0) is 104 Å². The van der Waals surface area contributed by atoms with E-state index in [4.69, 9.17) is 40.5 Å². The number of furan rings is 1. The molecule has 4 N–H and O–H groups in total. The summed E-state index contributed by atoms with van der Waals surface area (Å²) in [4.78, 5) is 76.3. The van der Waals surface area contributed by atoms with Gasteiger partial charge in [0.25, 0.3) is 5.91 Å². The average molecular weight is 798 g/mol. The van der Waals surface area contributed by atoms with E-state index in [0.29, 0.717) is 53.3 Å². The molecule has 1 saturated carbocycles. The number of alkyl carbamates (subject to hydrolysis) is 1. The van der Waals surface area contributed by atoms with Crippen LogP contribution >= 0.6 is 11.6 Å². The molecule has 0 spiro atoms. The molecule has 2 aliphatic rings. The second kappa shape index (κ2) is 17.6. The third-order valence-corrected chi connectivity index (χ3v) is 8.88. The molecule has 302 valence electrons. The number of hydrogen-bond donors (Lipinski definition) is 4. The lowest BCUT2D eigenvalue weighted by Gasteiger charge is -2.34. The molecule has 3 heterocycles. The van der Waals surface area contributed by atoms with Gasteiger partial charge < -0.3 is 34.2 Å². The zero-order valence-corrected chi connectivity index (χ0v) is 33.0. The van der Waals surface area contributed by atoms with Crippen molar-refractivity contribution in [2.45, 2.75) is 97.3 Å². The number of nitrogens with one attached hydrogen (secondary N) is 4. The van der Waals surface area contributed by atoms with Gasteiger partial charge in [0.15, 0.2) is 0 Å². The van der Waals surface area contributed by atoms with Crippen LogP contribution in [0.5, 0.6) is 5.75 Å². The van der Waals surface area contributed by atoms with E-state index in [0.717, 1.165) is 13.0 Å². The van der Waals surface area contributed by atoms with Gasteiger partial charge in [0.2, 0.25) is 23.5 Å². The van der Waals surface area contributed by atoms with E-state index in [1.165, 1.54) is 12.3 Å². The molecule has 18 heteroatoms. The molecule has 56 heavy (non-hydrogen) atoms. The van der Waals surface area contributed by atoms with Crippen LogP contribution in [0.25, 0.3) is 11.0 Å². The summed E-state index contributed by atoms with van der Waals surface area (Å²) in [6.45, 7) is 10.1. The fourth-order valence-electron chi connectivity index (χ4n) is 6.25. The number of hydroxylamine groups is 2. The third-order valence-electron chi connectivity index (χ3n) is 8.66. The number of guanidine groups is 1. The lowest BCUT2D eigenvalue weighted by Crippen LogP contribution is -2.49. The maximum Gasteiger partial charge on any atom is 0.442 e. The Balaban J connectivity index is 1.30. The summed E-state index contributed by atoms with van der Waals surface area (Å²) >= 11 is 5.96. The van der Waals surface area contributed by atoms with Gasteiger partial charge in [0, 0.05) is 36.5 Å². The summed E-state index contributed by atoms with van der Waals surface area (Å²) in [5, 5.41) is 17.3. The molecule has 1 aliphatic heterocycles. The van der Waals surface area contributed by atoms with Crippen LogP contribution in [0, 0.1) is 11.3 Å². The molecule has 0 bridgehead atoms. The largest absolute Gasteiger partial charge is 0.491 e. The number of carbonyl (C=O) groups excluding carboxylic acids is 5. The highest BCUT2D eigenvalue weighted by Crippen LogP contribution is 2.36. The molecule has 0 radical (unpaired) electrons. The average Bonchev–Trinajstić information content (AvgIpc) is 3.70. The Kier molecular flexibility index (Phi) is 13.1. The van der Waals surface area contributed by atoms with E-state index in [-0.39, 0.29) is 59.8 Å². The Hall–Kier alpha value is -5.42. The minimum absolute atomic E-state index is 0.115. The summed E-state index contributed by atoms with van der Waals surface area (Å²) < 4.78 is 22.4. The molecule has 5 rings (SSSR count). The van der Waals surface area contributed by atoms with Gasteiger partial charge >= 0.3 is 12.2 Å². The second-order valence-corrected chi connectivity index (χ2v) is 15.8. The predicted octanol–water partition coefficient (Wildman–Crippen LogP) is 6.86. The zero-order valence-electron chi connectivity index (χ0n) is 32.3. The minimum Gasteiger partial charge on any atom is -0.491 e. The summed E-state index contributed by atoms with van der Waals surface area (Å²) in [6, 6.07) is 7.95. The zero-order chi connectivity index (χ0) is 40.8. The number of halogens is 1. The lowest BCUT2D eigenvalue weighted by atomic mass is 9.84. The van der Waals surface area contributed by atoms with E-state index in [2.05, 4.69) is 20.9 Å². The molecule has 0 unspecified atom stereocenters. The molecular formula is C38H48ClN7O10. The SMILES string of the molecule is CC(C)(C)OC(=O)NC(=N)N(OCCOc1ccc2oc(C(=O)Nc3ccc(Cl)cn3)c(NC(=O)C3CCC(N4CCCC4=O)CC3)c2c1)C(=O)OC(C)(C)C. The molecule has 1 aliphatic carbocycles. The van der Waals surface area contributed by atoms with Crippen molar-refractivity contribution in [1.82, 2.24) is 20.3 Å². The standard InChI is InChI=1S/C38H48ClN7O10/c1-37(2,3)55-35(50)44-34(40)46(36(51)56-38(4,5)6)53-19-18-52-25-14-15-27-26(20-25)30(31(54-27)33(49)42-28-16-11-23(39)21-41-28)43-32(48)22-9-12-24(13-10-22)45-17-7-8-29(45)47/h11,14-16,20-22,24H,7-10,12-13,17-19H2,1-6H3,(H,43,48)(H2,40,44,50)(H,41,42,49). The molecule has 2 fully saturated rings. The van der Waals surface area contributed by atoms with E-state index in [9.17, 15) is 24.0 Å². The third kappa shape index (κ3) is 11.3. The van der Waals surface area contributed by atoms with E-state index in [1.54, 1.807) is 65.8 Å². The minimum atomic E-state index is -1.06. The number of carbonyl (C=O) groups is 5. The van der Waals surface area contributed by atoms with E-state index < -0.39 is 35.3 Å². The summed E-state index contributed by atoms with van der Waals surface area (Å²) in [5.74, 6) is -1.54. The van der Waals surface area contributed by atoms with Gasteiger partial charge in [-0.1, -0.05) is 11.6 Å². The topological polar surface area (TPSA) is 215 Å². The number of aromatic nitrogens is 1. The molecule has 1 aromatic carbocycles. The normalized spacial score (nSPS) is 17.3. The van der Waals surface area contributed by atoms with Crippen LogP contribution in [0.2, 0.25) is 5.02 Å². The second-order valence-electron chi connectivity index (χ2n) is 15.4. The summed E-state index contributed by atoms with van der Waals surface area (Å²) in [7, 11) is 0. The Morgan fingerprint density at radius 3 is 2.32 bits per heavy atom. The van der Waals surface area contributed by atoms with Gasteiger partial charge in [0.05, 0.1) is 5.02 Å². The van der Waals surface area contributed by atoms with Crippen LogP contribution in [0.15, 0.2) is 40.9 Å². The molecule has 17 nitrogen and oxygen atoms in total. The number of pyridine rings is 1. The van der Waals surface area contributed by atoms with Crippen molar-refractivity contribution < 1.29 is 47.4 Å². The van der Waals surface area contributed by atoms with Crippen LogP contribution in [-0.4, -0.2) is 87.8 Å². The van der Waals surface area contributed by atoms with Gasteiger partial charge in [0.1, 0.15) is 47.3 Å². The van der Waals surface area contributed by atoms with Crippen LogP contribution in [0.3, 0.4) is 0 Å². The van der Waals surface area contributed by atoms with E-state index >= 15 is 0 Å². The smallest absolute Gasteiger partial charge is 0.442 e. The number of benzene rings is 1. The van der Waals surface area contributed by atoms with Crippen LogP contribution in [-0.2, 0) is 23.9 Å². The molecule has 5 amide bonds. The highest BCUT2D eigenvalue weighted by Gasteiger charge is 2.35. The maximum absolute atomic E-state index is 13.7. The fourth-order valence-corrected chi connectivity index (χ4v) is 6.37. The first kappa shape index (κ1) is 41.7. The number of likely N-dealkylation sites (tertiary alicyclic amines) is 1. The molecule has 1 saturated heterocycles. The number of nitrogens with zero attached hydrogens (tertiary/aromatic N) is 3. The van der Waals surface area contributed by atoms with Gasteiger partial charge in [-0.15, -0.1) is 5.06 Å². The van der Waals surface area contributed by atoms with E-state index in [1.807, 2.05) is 4.90 Å². The van der Waals surface area contributed by atoms with Crippen molar-refractivity contribution >= 4 is 69.9 Å². The Morgan fingerprint density at radius 2 is 1.70 bits per heavy atom. The van der Waals surface area contributed by atoms with Gasteiger partial charge in [-0.3, -0.25) is 29.9 Å². The van der Waals surface area contributed by atoms with Crippen molar-refractivity contribution in [3.8, 4) is 5.75 Å². The molecule has 3 aromatic rings. The number of hydrogen-bond acceptors (Lipinski definition) is 12. The van der Waals surface area contributed by atoms with Crippen molar-refractivity contribution in [1.29, 1.82) is 5.41 Å². The summed E-state index contributed by atoms with van der Waals surface area (Å²) in [5.41, 5.74) is -1.38. The first-order valence-electron chi connectivity index (χ1n) is 18.3. The number of amides is 5. The quantitative estimate of drug-likeness (QED) is 0.0719. The highest BCUT2D eigenvalue weighted by atomic mass is 35.5. The Labute approximate surface area is 329 Å². The van der Waals surface area contributed by atoms with Crippen molar-refractivity contribution in [2.75, 3.05) is 30.4 Å². The highest BCUT2D eigenvalue weighted by molar-refractivity contribution is 6.30. The number of anilines is 2. The predicted molar refractivity (Wildman–Crippen MR) is 205 cm³/mol.